The lowest BCUT2D eigenvalue weighted by Gasteiger charge is -1.77. The second kappa shape index (κ2) is 7.88. The first-order chi connectivity index (χ1) is 5.00. The first-order valence-corrected chi connectivity index (χ1v) is 2.87. The van der Waals surface area contributed by atoms with Gasteiger partial charge in [0.1, 0.15) is 0 Å². The number of allylic oxidation sites excluding steroid dienone is 8. The predicted molar refractivity (Wildman–Crippen MR) is 41.8 cm³/mol. The third-order valence-electron chi connectivity index (χ3n) is 0.889. The zero-order valence-corrected chi connectivity index (χ0v) is 5.51. The van der Waals surface area contributed by atoms with Crippen molar-refractivity contribution < 1.29 is 10.5 Å². The maximum atomic E-state index is 6.00. The van der Waals surface area contributed by atoms with E-state index in [9.17, 15) is 0 Å². The fourth-order valence-electron chi connectivity index (χ4n) is 0.513. The minimum atomic E-state index is 2.00. The van der Waals surface area contributed by atoms with Gasteiger partial charge in [0, 0.05) is 0 Å². The van der Waals surface area contributed by atoms with Crippen molar-refractivity contribution in [2.75, 3.05) is 0 Å². The summed E-state index contributed by atoms with van der Waals surface area (Å²) in [6.45, 7) is 0. The van der Waals surface area contributed by atoms with Crippen LogP contribution in [0.2, 0.25) is 0 Å². The molecule has 0 saturated heterocycles. The summed E-state index contributed by atoms with van der Waals surface area (Å²) in [5.74, 6) is 0. The molecular formula is C8H10O2. The Labute approximate surface area is 60.1 Å². The maximum Gasteiger partial charge on any atom is -0.0623 e. The van der Waals surface area contributed by atoms with Crippen LogP contribution in [0.25, 0.3) is 0 Å². The van der Waals surface area contributed by atoms with Crippen molar-refractivity contribution in [2.45, 2.75) is 0 Å². The van der Waals surface area contributed by atoms with Gasteiger partial charge in [0.05, 0.1) is 0 Å². The van der Waals surface area contributed by atoms with Gasteiger partial charge in [-0.2, -0.15) is 0 Å². The molecule has 0 fully saturated rings. The van der Waals surface area contributed by atoms with Crippen LogP contribution in [-0.2, 0) is 0 Å². The minimum Gasteiger partial charge on any atom is -0.255 e. The topological polar surface area (TPSA) is 40.5 Å². The molecule has 2 N–H and O–H groups in total. The van der Waals surface area contributed by atoms with Crippen molar-refractivity contribution in [3.8, 4) is 0 Å². The molecule has 10 heavy (non-hydrogen) atoms. The van der Waals surface area contributed by atoms with Crippen LogP contribution in [0.1, 0.15) is 0 Å². The van der Waals surface area contributed by atoms with Crippen molar-refractivity contribution in [1.29, 1.82) is 0 Å². The van der Waals surface area contributed by atoms with Crippen LogP contribution in [0.5, 0.6) is 0 Å². The highest BCUT2D eigenvalue weighted by Crippen LogP contribution is 1.87. The molecule has 0 aromatic heterocycles. The Hall–Kier alpha value is -1.12. The molecule has 0 aromatic carbocycles. The van der Waals surface area contributed by atoms with Gasteiger partial charge >= 0.3 is 0 Å². The highest BCUT2D eigenvalue weighted by Gasteiger charge is 1.65. The smallest absolute Gasteiger partial charge is 0.0623 e. The van der Waals surface area contributed by atoms with Gasteiger partial charge in [0.25, 0.3) is 0 Å². The van der Waals surface area contributed by atoms with Gasteiger partial charge in [-0.1, -0.05) is 48.6 Å². The lowest BCUT2D eigenvalue weighted by Crippen LogP contribution is -1.55. The molecule has 0 heterocycles. The van der Waals surface area contributed by atoms with Gasteiger partial charge in [0.2, 0.25) is 0 Å². The van der Waals surface area contributed by atoms with E-state index in [1.165, 1.54) is 0 Å². The highest BCUT2D eigenvalue weighted by molar-refractivity contribution is 5.23. The lowest BCUT2D eigenvalue weighted by atomic mass is 10.3. The van der Waals surface area contributed by atoms with Gasteiger partial charge in [-0.25, -0.2) is 0 Å². The largest absolute Gasteiger partial charge is 0.255 e. The number of rotatable bonds is 0. The van der Waals surface area contributed by atoms with E-state index in [-0.39, 0.29) is 0 Å². The monoisotopic (exact) mass is 138 g/mol. The van der Waals surface area contributed by atoms with Gasteiger partial charge in [-0.15, -0.1) is 0 Å². The van der Waals surface area contributed by atoms with E-state index in [2.05, 4.69) is 0 Å². The summed E-state index contributed by atoms with van der Waals surface area (Å²) in [5.41, 5.74) is 0. The van der Waals surface area contributed by atoms with Gasteiger partial charge < -0.3 is 0 Å². The molecule has 2 nitrogen and oxygen atoms in total. The van der Waals surface area contributed by atoms with Gasteiger partial charge in [-0.05, 0) is 0 Å². The van der Waals surface area contributed by atoms with Crippen LogP contribution >= 0.6 is 0 Å². The molecule has 0 amide bonds. The second-order valence-corrected chi connectivity index (χ2v) is 1.54. The fraction of sp³-hybridized carbons (Fsp3) is 0. The van der Waals surface area contributed by atoms with E-state index in [0.29, 0.717) is 0 Å². The van der Waals surface area contributed by atoms with Crippen molar-refractivity contribution >= 4 is 0 Å². The summed E-state index contributed by atoms with van der Waals surface area (Å²) in [5, 5.41) is 12.0. The van der Waals surface area contributed by atoms with E-state index < -0.39 is 0 Å². The molecule has 0 aromatic rings. The van der Waals surface area contributed by atoms with E-state index in [1.807, 2.05) is 48.6 Å². The quantitative estimate of drug-likeness (QED) is 0.398. The summed E-state index contributed by atoms with van der Waals surface area (Å²) in [7, 11) is 0. The Bertz CT molecular complexity index is 108. The predicted octanol–water partition coefficient (Wildman–Crippen LogP) is 2.24. The van der Waals surface area contributed by atoms with Crippen molar-refractivity contribution in [3.05, 3.63) is 48.6 Å². The molecule has 0 bridgehead atoms. The summed E-state index contributed by atoms with van der Waals surface area (Å²) >= 11 is 0. The van der Waals surface area contributed by atoms with E-state index in [4.69, 9.17) is 10.5 Å². The highest BCUT2D eigenvalue weighted by atomic mass is 17.0. The Morgan fingerprint density at radius 1 is 0.400 bits per heavy atom. The van der Waals surface area contributed by atoms with Crippen LogP contribution in [0.3, 0.4) is 0 Å². The van der Waals surface area contributed by atoms with E-state index in [0.717, 1.165) is 0 Å². The SMILES string of the molecule is C1=CC=CC=CC=C1.OO. The first kappa shape index (κ1) is 8.88. The molecule has 1 aliphatic carbocycles. The molecule has 0 unspecified atom stereocenters. The molecule has 54 valence electrons. The van der Waals surface area contributed by atoms with E-state index >= 15 is 0 Å². The average molecular weight is 138 g/mol. The van der Waals surface area contributed by atoms with Gasteiger partial charge in [-0.3, -0.25) is 10.5 Å². The third kappa shape index (κ3) is 5.03. The molecule has 0 atom stereocenters. The fourth-order valence-corrected chi connectivity index (χ4v) is 0.513. The Balaban J connectivity index is 0.000000371. The molecular weight excluding hydrogens is 128 g/mol. The zero-order valence-electron chi connectivity index (χ0n) is 5.51. The molecule has 1 rings (SSSR count). The number of hydrogen-bond acceptors (Lipinski definition) is 2. The van der Waals surface area contributed by atoms with Crippen molar-refractivity contribution in [3.63, 3.8) is 0 Å². The van der Waals surface area contributed by atoms with Crippen LogP contribution in [0.4, 0.5) is 0 Å². The molecule has 1 aliphatic rings. The molecule has 2 heteroatoms. The summed E-state index contributed by atoms with van der Waals surface area (Å²) in [4.78, 5) is 0. The van der Waals surface area contributed by atoms with Crippen LogP contribution in [0.15, 0.2) is 48.6 Å². The Morgan fingerprint density at radius 3 is 0.600 bits per heavy atom. The standard InChI is InChI=1S/C8H8.H2O2/c1-2-4-6-8-7-5-3-1;1-2/h1-8H;1-2H. The summed E-state index contributed by atoms with van der Waals surface area (Å²) < 4.78 is 0. The first-order valence-electron chi connectivity index (χ1n) is 2.87. The van der Waals surface area contributed by atoms with Crippen molar-refractivity contribution in [2.24, 2.45) is 0 Å². The molecule has 0 radical (unpaired) electrons. The number of hydrogen-bond donors (Lipinski definition) is 2. The summed E-state index contributed by atoms with van der Waals surface area (Å²) in [6.07, 6.45) is 16.0. The van der Waals surface area contributed by atoms with Crippen LogP contribution in [-0.4, -0.2) is 10.5 Å². The molecule has 0 saturated carbocycles. The minimum absolute atomic E-state index is 2.00. The normalized spacial score (nSPS) is 13.4. The summed E-state index contributed by atoms with van der Waals surface area (Å²) in [6, 6.07) is 0. The third-order valence-corrected chi connectivity index (χ3v) is 0.889. The average Bonchev–Trinajstić information content (AvgIpc) is 1.90. The van der Waals surface area contributed by atoms with E-state index in [1.54, 1.807) is 0 Å². The maximum absolute atomic E-state index is 6.00. The van der Waals surface area contributed by atoms with Crippen LogP contribution in [0, 0.1) is 0 Å². The van der Waals surface area contributed by atoms with Crippen LogP contribution < -0.4 is 0 Å². The lowest BCUT2D eigenvalue weighted by molar-refractivity contribution is -0.176. The zero-order chi connectivity index (χ0) is 7.66. The Morgan fingerprint density at radius 2 is 0.500 bits per heavy atom. The Kier molecular flexibility index (Phi) is 7.00. The van der Waals surface area contributed by atoms with Gasteiger partial charge in [0.15, 0.2) is 0 Å². The second-order valence-electron chi connectivity index (χ2n) is 1.54. The molecule has 0 aliphatic heterocycles. The van der Waals surface area contributed by atoms with Crippen molar-refractivity contribution in [1.82, 2.24) is 0 Å². The molecule has 0 spiro atoms.